The standard InChI is InChI=1S/C19H22N6O/c1-14-16(15(2)26-23-14)13-24-9-11-25(12-10-24)19-7-6-18(21-22-19)17-5-3-4-8-20-17/h3-8H,9-13H2,1-2H3. The molecule has 0 atom stereocenters. The van der Waals surface area contributed by atoms with Crippen molar-refractivity contribution < 1.29 is 4.52 Å². The lowest BCUT2D eigenvalue weighted by atomic mass is 10.2. The summed E-state index contributed by atoms with van der Waals surface area (Å²) in [7, 11) is 0. The molecule has 4 heterocycles. The molecule has 1 fully saturated rings. The largest absolute Gasteiger partial charge is 0.361 e. The van der Waals surface area contributed by atoms with Gasteiger partial charge in [0, 0.05) is 44.5 Å². The van der Waals surface area contributed by atoms with E-state index in [4.69, 9.17) is 4.52 Å². The van der Waals surface area contributed by atoms with Crippen LogP contribution in [0.15, 0.2) is 41.1 Å². The molecule has 0 saturated carbocycles. The van der Waals surface area contributed by atoms with E-state index in [-0.39, 0.29) is 0 Å². The van der Waals surface area contributed by atoms with Crippen LogP contribution in [0, 0.1) is 13.8 Å². The smallest absolute Gasteiger partial charge is 0.151 e. The molecule has 0 N–H and O–H groups in total. The molecular formula is C19H22N6O. The summed E-state index contributed by atoms with van der Waals surface area (Å²) in [6.07, 6.45) is 1.77. The number of hydrogen-bond acceptors (Lipinski definition) is 7. The molecule has 3 aromatic heterocycles. The van der Waals surface area contributed by atoms with Crippen LogP contribution in [-0.4, -0.2) is 51.4 Å². The molecule has 0 spiro atoms. The predicted molar refractivity (Wildman–Crippen MR) is 98.7 cm³/mol. The molecule has 0 aliphatic carbocycles. The van der Waals surface area contributed by atoms with Crippen molar-refractivity contribution in [1.29, 1.82) is 0 Å². The van der Waals surface area contributed by atoms with Gasteiger partial charge in [-0.25, -0.2) is 0 Å². The van der Waals surface area contributed by atoms with E-state index in [1.165, 1.54) is 5.56 Å². The molecule has 0 aromatic carbocycles. The van der Waals surface area contributed by atoms with Crippen LogP contribution in [-0.2, 0) is 6.54 Å². The second-order valence-electron chi connectivity index (χ2n) is 6.56. The third-order valence-electron chi connectivity index (χ3n) is 4.84. The third kappa shape index (κ3) is 3.43. The topological polar surface area (TPSA) is 71.2 Å². The molecule has 1 aliphatic rings. The molecule has 26 heavy (non-hydrogen) atoms. The van der Waals surface area contributed by atoms with Crippen molar-refractivity contribution in [2.45, 2.75) is 20.4 Å². The van der Waals surface area contributed by atoms with Gasteiger partial charge in [0.15, 0.2) is 5.82 Å². The number of piperazine rings is 1. The van der Waals surface area contributed by atoms with Crippen LogP contribution in [0.25, 0.3) is 11.4 Å². The number of aromatic nitrogens is 4. The van der Waals surface area contributed by atoms with Gasteiger partial charge in [0.05, 0.1) is 11.4 Å². The Kier molecular flexibility index (Phi) is 4.62. The zero-order valence-corrected chi connectivity index (χ0v) is 15.1. The summed E-state index contributed by atoms with van der Waals surface area (Å²) in [5.41, 5.74) is 3.83. The summed E-state index contributed by atoms with van der Waals surface area (Å²) in [6.45, 7) is 8.69. The summed E-state index contributed by atoms with van der Waals surface area (Å²) in [4.78, 5) is 9.02. The van der Waals surface area contributed by atoms with Gasteiger partial charge < -0.3 is 9.42 Å². The number of nitrogens with zero attached hydrogens (tertiary/aromatic N) is 6. The van der Waals surface area contributed by atoms with Crippen molar-refractivity contribution in [1.82, 2.24) is 25.2 Å². The first kappa shape index (κ1) is 16.7. The van der Waals surface area contributed by atoms with Crippen molar-refractivity contribution in [2.24, 2.45) is 0 Å². The van der Waals surface area contributed by atoms with Crippen LogP contribution in [0.4, 0.5) is 5.82 Å². The van der Waals surface area contributed by atoms with Gasteiger partial charge in [0.25, 0.3) is 0 Å². The monoisotopic (exact) mass is 350 g/mol. The number of hydrogen-bond donors (Lipinski definition) is 0. The molecule has 134 valence electrons. The Bertz CT molecular complexity index is 834. The normalized spacial score (nSPS) is 15.4. The molecule has 0 radical (unpaired) electrons. The van der Waals surface area contributed by atoms with Crippen LogP contribution in [0.2, 0.25) is 0 Å². The van der Waals surface area contributed by atoms with Gasteiger partial charge in [-0.15, -0.1) is 10.2 Å². The average molecular weight is 350 g/mol. The summed E-state index contributed by atoms with van der Waals surface area (Å²) in [5.74, 6) is 1.84. The van der Waals surface area contributed by atoms with Crippen molar-refractivity contribution in [2.75, 3.05) is 31.1 Å². The Morgan fingerprint density at radius 3 is 2.42 bits per heavy atom. The second kappa shape index (κ2) is 7.21. The minimum absolute atomic E-state index is 0.798. The average Bonchev–Trinajstić information content (AvgIpc) is 3.01. The highest BCUT2D eigenvalue weighted by Gasteiger charge is 2.21. The lowest BCUT2D eigenvalue weighted by Crippen LogP contribution is -2.46. The van der Waals surface area contributed by atoms with Gasteiger partial charge in [-0.1, -0.05) is 11.2 Å². The Morgan fingerprint density at radius 2 is 1.81 bits per heavy atom. The fourth-order valence-corrected chi connectivity index (χ4v) is 3.23. The lowest BCUT2D eigenvalue weighted by molar-refractivity contribution is 0.247. The maximum absolute atomic E-state index is 5.26. The molecule has 7 heteroatoms. The van der Waals surface area contributed by atoms with E-state index in [1.807, 2.05) is 44.2 Å². The van der Waals surface area contributed by atoms with Gasteiger partial charge in [0.1, 0.15) is 11.5 Å². The molecular weight excluding hydrogens is 328 g/mol. The Labute approximate surface area is 152 Å². The Balaban J connectivity index is 1.37. The van der Waals surface area contributed by atoms with Crippen LogP contribution in [0.1, 0.15) is 17.0 Å². The van der Waals surface area contributed by atoms with Gasteiger partial charge in [-0.2, -0.15) is 0 Å². The van der Waals surface area contributed by atoms with Gasteiger partial charge in [-0.3, -0.25) is 9.88 Å². The number of rotatable bonds is 4. The van der Waals surface area contributed by atoms with E-state index in [1.54, 1.807) is 6.20 Å². The first-order valence-corrected chi connectivity index (χ1v) is 8.85. The van der Waals surface area contributed by atoms with Crippen molar-refractivity contribution in [3.63, 3.8) is 0 Å². The zero-order chi connectivity index (χ0) is 17.9. The fraction of sp³-hybridized carbons (Fsp3) is 0.368. The lowest BCUT2D eigenvalue weighted by Gasteiger charge is -2.35. The Morgan fingerprint density at radius 1 is 0.962 bits per heavy atom. The van der Waals surface area contributed by atoms with Crippen LogP contribution in [0.3, 0.4) is 0 Å². The maximum atomic E-state index is 5.26. The van der Waals surface area contributed by atoms with Crippen molar-refractivity contribution in [3.8, 4) is 11.4 Å². The van der Waals surface area contributed by atoms with Gasteiger partial charge in [0.2, 0.25) is 0 Å². The van der Waals surface area contributed by atoms with E-state index in [0.717, 1.165) is 61.4 Å². The van der Waals surface area contributed by atoms with Gasteiger partial charge >= 0.3 is 0 Å². The van der Waals surface area contributed by atoms with Crippen LogP contribution in [0.5, 0.6) is 0 Å². The number of anilines is 1. The maximum Gasteiger partial charge on any atom is 0.151 e. The minimum atomic E-state index is 0.798. The minimum Gasteiger partial charge on any atom is -0.361 e. The first-order valence-electron chi connectivity index (χ1n) is 8.85. The third-order valence-corrected chi connectivity index (χ3v) is 4.84. The summed E-state index contributed by atoms with van der Waals surface area (Å²) >= 11 is 0. The number of aryl methyl sites for hydroxylation is 2. The van der Waals surface area contributed by atoms with E-state index in [9.17, 15) is 0 Å². The molecule has 0 amide bonds. The van der Waals surface area contributed by atoms with E-state index >= 15 is 0 Å². The zero-order valence-electron chi connectivity index (χ0n) is 15.1. The fourth-order valence-electron chi connectivity index (χ4n) is 3.23. The van der Waals surface area contributed by atoms with Crippen LogP contribution < -0.4 is 4.90 Å². The summed E-state index contributed by atoms with van der Waals surface area (Å²) in [5, 5.41) is 12.8. The van der Waals surface area contributed by atoms with E-state index < -0.39 is 0 Å². The van der Waals surface area contributed by atoms with Gasteiger partial charge in [-0.05, 0) is 38.1 Å². The first-order chi connectivity index (χ1) is 12.7. The highest BCUT2D eigenvalue weighted by atomic mass is 16.5. The Hall–Kier alpha value is -2.80. The molecule has 0 bridgehead atoms. The summed E-state index contributed by atoms with van der Waals surface area (Å²) < 4.78 is 5.26. The molecule has 4 rings (SSSR count). The van der Waals surface area contributed by atoms with Crippen LogP contribution >= 0.6 is 0 Å². The van der Waals surface area contributed by atoms with Crippen molar-refractivity contribution >= 4 is 5.82 Å². The SMILES string of the molecule is Cc1noc(C)c1CN1CCN(c2ccc(-c3ccccn3)nn2)CC1. The molecule has 0 unspecified atom stereocenters. The second-order valence-corrected chi connectivity index (χ2v) is 6.56. The molecule has 1 saturated heterocycles. The van der Waals surface area contributed by atoms with E-state index in [0.29, 0.717) is 0 Å². The molecule has 3 aromatic rings. The highest BCUT2D eigenvalue weighted by Crippen LogP contribution is 2.19. The molecule has 1 aliphatic heterocycles. The van der Waals surface area contributed by atoms with Crippen molar-refractivity contribution in [3.05, 3.63) is 53.5 Å². The molecule has 7 nitrogen and oxygen atoms in total. The highest BCUT2D eigenvalue weighted by molar-refractivity contribution is 5.54. The van der Waals surface area contributed by atoms with E-state index in [2.05, 4.69) is 30.1 Å². The predicted octanol–water partition coefficient (Wildman–Crippen LogP) is 2.47. The number of pyridine rings is 1. The quantitative estimate of drug-likeness (QED) is 0.716. The summed E-state index contributed by atoms with van der Waals surface area (Å²) in [6, 6.07) is 9.81.